The second-order valence-electron chi connectivity index (χ2n) is 3.97. The Labute approximate surface area is 114 Å². The lowest BCUT2D eigenvalue weighted by Gasteiger charge is -2.09. The molecule has 0 aliphatic carbocycles. The van der Waals surface area contributed by atoms with Gasteiger partial charge in [-0.05, 0) is 30.7 Å². The smallest absolute Gasteiger partial charge is 0.119 e. The van der Waals surface area contributed by atoms with Gasteiger partial charge in [-0.1, -0.05) is 25.7 Å². The second kappa shape index (κ2) is 8.91. The summed E-state index contributed by atoms with van der Waals surface area (Å²) < 4.78 is 5.67. The average Bonchev–Trinajstić information content (AvgIpc) is 2.42. The maximum absolute atomic E-state index is 5.67. The summed E-state index contributed by atoms with van der Waals surface area (Å²) in [5.41, 5.74) is 6.30. The summed E-state index contributed by atoms with van der Waals surface area (Å²) in [5, 5.41) is 0.711. The molecule has 0 heterocycles. The van der Waals surface area contributed by atoms with Crippen molar-refractivity contribution in [1.82, 2.24) is 0 Å². The van der Waals surface area contributed by atoms with Gasteiger partial charge in [0.25, 0.3) is 0 Å². The first-order chi connectivity index (χ1) is 8.76. The third-order valence-corrected chi connectivity index (χ3v) is 3.82. The zero-order chi connectivity index (χ0) is 13.2. The summed E-state index contributed by atoms with van der Waals surface area (Å²) in [6, 6.07) is 7.82. The summed E-state index contributed by atoms with van der Waals surface area (Å²) in [7, 11) is 0. The van der Waals surface area contributed by atoms with Crippen LogP contribution in [0, 0.1) is 11.8 Å². The highest BCUT2D eigenvalue weighted by molar-refractivity contribution is 7.99. The molecule has 0 saturated heterocycles. The summed E-state index contributed by atoms with van der Waals surface area (Å²) in [4.78, 5) is 0. The van der Waals surface area contributed by atoms with Crippen molar-refractivity contribution in [1.29, 1.82) is 0 Å². The molecule has 1 aromatic carbocycles. The SMILES string of the molecule is CCC(C)SCCOc1ccc(C#CCN)cc1. The van der Waals surface area contributed by atoms with Gasteiger partial charge in [0.05, 0.1) is 13.2 Å². The van der Waals surface area contributed by atoms with Crippen LogP contribution < -0.4 is 10.5 Å². The molecule has 18 heavy (non-hydrogen) atoms. The summed E-state index contributed by atoms with van der Waals surface area (Å²) in [6.45, 7) is 5.60. The number of benzene rings is 1. The van der Waals surface area contributed by atoms with E-state index in [0.717, 1.165) is 23.7 Å². The molecule has 0 aliphatic rings. The molecule has 98 valence electrons. The molecule has 1 atom stereocenters. The molecule has 0 spiro atoms. The molecule has 0 radical (unpaired) electrons. The van der Waals surface area contributed by atoms with E-state index >= 15 is 0 Å². The van der Waals surface area contributed by atoms with Gasteiger partial charge in [-0.2, -0.15) is 11.8 Å². The summed E-state index contributed by atoms with van der Waals surface area (Å²) in [6.07, 6.45) is 1.21. The fourth-order valence-electron chi connectivity index (χ4n) is 1.31. The first kappa shape index (κ1) is 14.9. The van der Waals surface area contributed by atoms with Crippen LogP contribution in [0.3, 0.4) is 0 Å². The Morgan fingerprint density at radius 1 is 1.33 bits per heavy atom. The van der Waals surface area contributed by atoms with Crippen molar-refractivity contribution >= 4 is 11.8 Å². The van der Waals surface area contributed by atoms with E-state index in [1.165, 1.54) is 6.42 Å². The minimum Gasteiger partial charge on any atom is -0.493 e. The van der Waals surface area contributed by atoms with Gasteiger partial charge in [-0.15, -0.1) is 0 Å². The molecule has 1 aromatic rings. The van der Waals surface area contributed by atoms with Gasteiger partial charge in [0.2, 0.25) is 0 Å². The Kier molecular flexibility index (Phi) is 7.40. The maximum Gasteiger partial charge on any atom is 0.119 e. The van der Waals surface area contributed by atoms with E-state index in [1.807, 2.05) is 36.0 Å². The molecule has 0 fully saturated rings. The van der Waals surface area contributed by atoms with Crippen LogP contribution in [0.2, 0.25) is 0 Å². The van der Waals surface area contributed by atoms with Gasteiger partial charge in [0, 0.05) is 16.6 Å². The second-order valence-corrected chi connectivity index (χ2v) is 5.51. The standard InChI is InChI=1S/C15H21NOS/c1-3-13(2)18-12-11-17-15-8-6-14(7-9-15)5-4-10-16/h6-9,13H,3,10-12,16H2,1-2H3. The topological polar surface area (TPSA) is 35.2 Å². The third kappa shape index (κ3) is 6.00. The van der Waals surface area contributed by atoms with Crippen LogP contribution in [0.4, 0.5) is 0 Å². The number of ether oxygens (including phenoxy) is 1. The molecule has 3 heteroatoms. The number of hydrogen-bond acceptors (Lipinski definition) is 3. The monoisotopic (exact) mass is 263 g/mol. The van der Waals surface area contributed by atoms with Gasteiger partial charge in [-0.3, -0.25) is 0 Å². The highest BCUT2D eigenvalue weighted by atomic mass is 32.2. The third-order valence-electron chi connectivity index (χ3n) is 2.52. The molecule has 0 aliphatic heterocycles. The molecule has 2 nitrogen and oxygen atoms in total. The van der Waals surface area contributed by atoms with Crippen LogP contribution in [0.15, 0.2) is 24.3 Å². The van der Waals surface area contributed by atoms with E-state index in [-0.39, 0.29) is 0 Å². The molecule has 0 saturated carbocycles. The fourth-order valence-corrected chi connectivity index (χ4v) is 2.13. The van der Waals surface area contributed by atoms with Crippen LogP contribution in [-0.4, -0.2) is 24.2 Å². The van der Waals surface area contributed by atoms with E-state index in [2.05, 4.69) is 25.7 Å². The molecular weight excluding hydrogens is 242 g/mol. The number of rotatable bonds is 6. The average molecular weight is 263 g/mol. The number of nitrogens with two attached hydrogens (primary N) is 1. The van der Waals surface area contributed by atoms with Crippen molar-refractivity contribution in [2.24, 2.45) is 5.73 Å². The van der Waals surface area contributed by atoms with E-state index in [9.17, 15) is 0 Å². The van der Waals surface area contributed by atoms with Crippen molar-refractivity contribution in [3.63, 3.8) is 0 Å². The lowest BCUT2D eigenvalue weighted by atomic mass is 10.2. The highest BCUT2D eigenvalue weighted by Crippen LogP contribution is 2.15. The van der Waals surface area contributed by atoms with Crippen LogP contribution in [0.25, 0.3) is 0 Å². The summed E-state index contributed by atoms with van der Waals surface area (Å²) in [5.74, 6) is 7.75. The van der Waals surface area contributed by atoms with Gasteiger partial charge >= 0.3 is 0 Å². The Bertz CT molecular complexity index is 391. The van der Waals surface area contributed by atoms with E-state index < -0.39 is 0 Å². The molecule has 0 amide bonds. The molecule has 0 aromatic heterocycles. The van der Waals surface area contributed by atoms with Gasteiger partial charge < -0.3 is 10.5 Å². The Hall–Kier alpha value is -1.11. The fraction of sp³-hybridized carbons (Fsp3) is 0.467. The predicted octanol–water partition coefficient (Wildman–Crippen LogP) is 2.91. The molecule has 0 bridgehead atoms. The zero-order valence-corrected chi connectivity index (χ0v) is 11.9. The number of thioether (sulfide) groups is 1. The zero-order valence-electron chi connectivity index (χ0n) is 11.1. The van der Waals surface area contributed by atoms with Gasteiger partial charge in [0.1, 0.15) is 5.75 Å². The van der Waals surface area contributed by atoms with Crippen LogP contribution >= 0.6 is 11.8 Å². The Morgan fingerprint density at radius 3 is 2.67 bits per heavy atom. The van der Waals surface area contributed by atoms with Crippen molar-refractivity contribution in [2.75, 3.05) is 18.9 Å². The Balaban J connectivity index is 2.31. The normalized spacial score (nSPS) is 11.5. The minimum absolute atomic E-state index is 0.394. The largest absolute Gasteiger partial charge is 0.493 e. The first-order valence-electron chi connectivity index (χ1n) is 6.29. The van der Waals surface area contributed by atoms with E-state index in [0.29, 0.717) is 11.8 Å². The molecular formula is C15H21NOS. The first-order valence-corrected chi connectivity index (χ1v) is 7.34. The lowest BCUT2D eigenvalue weighted by Crippen LogP contribution is -2.03. The maximum atomic E-state index is 5.67. The Morgan fingerprint density at radius 2 is 2.06 bits per heavy atom. The van der Waals surface area contributed by atoms with Crippen LogP contribution in [0.1, 0.15) is 25.8 Å². The summed E-state index contributed by atoms with van der Waals surface area (Å²) >= 11 is 1.95. The van der Waals surface area contributed by atoms with E-state index in [4.69, 9.17) is 10.5 Å². The van der Waals surface area contributed by atoms with Crippen molar-refractivity contribution in [3.05, 3.63) is 29.8 Å². The van der Waals surface area contributed by atoms with Crippen molar-refractivity contribution < 1.29 is 4.74 Å². The van der Waals surface area contributed by atoms with Gasteiger partial charge in [-0.25, -0.2) is 0 Å². The highest BCUT2D eigenvalue weighted by Gasteiger charge is 1.99. The quantitative estimate of drug-likeness (QED) is 0.633. The van der Waals surface area contributed by atoms with Gasteiger partial charge in [0.15, 0.2) is 0 Å². The van der Waals surface area contributed by atoms with Crippen molar-refractivity contribution in [3.8, 4) is 17.6 Å². The predicted molar refractivity (Wildman–Crippen MR) is 80.1 cm³/mol. The molecule has 1 unspecified atom stereocenters. The minimum atomic E-state index is 0.394. The lowest BCUT2D eigenvalue weighted by molar-refractivity contribution is 0.344. The molecule has 1 rings (SSSR count). The van der Waals surface area contributed by atoms with Crippen LogP contribution in [0.5, 0.6) is 5.75 Å². The number of hydrogen-bond donors (Lipinski definition) is 1. The molecule has 2 N–H and O–H groups in total. The van der Waals surface area contributed by atoms with Crippen LogP contribution in [-0.2, 0) is 0 Å². The van der Waals surface area contributed by atoms with Crippen molar-refractivity contribution in [2.45, 2.75) is 25.5 Å². The van der Waals surface area contributed by atoms with E-state index in [1.54, 1.807) is 0 Å².